The minimum atomic E-state index is -4.42. The number of likely N-dealkylation sites (tertiary alicyclic amines) is 1. The van der Waals surface area contributed by atoms with Crippen LogP contribution in [0.25, 0.3) is 10.1 Å². The number of benzene rings is 2. The monoisotopic (exact) mass is 831 g/mol. The summed E-state index contributed by atoms with van der Waals surface area (Å²) in [5.41, 5.74) is 1.17. The van der Waals surface area contributed by atoms with E-state index in [1.165, 1.54) is 30.4 Å². The van der Waals surface area contributed by atoms with Crippen molar-refractivity contribution in [2.45, 2.75) is 95.2 Å². The van der Waals surface area contributed by atoms with Gasteiger partial charge in [-0.1, -0.05) is 50.1 Å². The summed E-state index contributed by atoms with van der Waals surface area (Å²) in [5, 5.41) is 6.13. The molecule has 58 heavy (non-hydrogen) atoms. The molecule has 308 valence electrons. The molecule has 12 nitrogen and oxygen atoms in total. The minimum absolute atomic E-state index is 0.00789. The summed E-state index contributed by atoms with van der Waals surface area (Å²) >= 11 is 1.22. The quantitative estimate of drug-likeness (QED) is 0.0962. The lowest BCUT2D eigenvalue weighted by Gasteiger charge is -2.36. The van der Waals surface area contributed by atoms with Crippen LogP contribution in [0, 0.1) is 5.92 Å². The Hall–Kier alpha value is -4.65. The van der Waals surface area contributed by atoms with Crippen molar-refractivity contribution in [2.75, 3.05) is 26.2 Å². The zero-order chi connectivity index (χ0) is 40.8. The molecule has 2 aromatic carbocycles. The van der Waals surface area contributed by atoms with Gasteiger partial charge in [0.15, 0.2) is 0 Å². The first-order chi connectivity index (χ1) is 28.0. The van der Waals surface area contributed by atoms with Gasteiger partial charge >= 0.3 is 13.5 Å². The number of esters is 1. The Morgan fingerprint density at radius 3 is 2.60 bits per heavy atom. The van der Waals surface area contributed by atoms with Gasteiger partial charge in [-0.15, -0.1) is 11.3 Å². The first kappa shape index (κ1) is 41.5. The molecule has 3 saturated heterocycles. The number of carbonyl (C=O) groups is 4. The molecular weight excluding hydrogens is 781 g/mol. The van der Waals surface area contributed by atoms with Crippen molar-refractivity contribution in [1.82, 2.24) is 25.2 Å². The van der Waals surface area contributed by atoms with Gasteiger partial charge in [-0.05, 0) is 98.4 Å². The van der Waals surface area contributed by atoms with E-state index < -0.39 is 37.4 Å². The number of nitrogens with one attached hydrogen (secondary N) is 2. The second-order valence-electron chi connectivity index (χ2n) is 15.5. The third kappa shape index (κ3) is 9.29. The van der Waals surface area contributed by atoms with Crippen molar-refractivity contribution in [3.8, 4) is 5.75 Å². The highest BCUT2D eigenvalue weighted by Crippen LogP contribution is 2.58. The number of fused-ring (bicyclic) bond motifs is 2. The Kier molecular flexibility index (Phi) is 13.2. The predicted octanol–water partition coefficient (Wildman–Crippen LogP) is 7.76. The molecule has 2 N–H and O–H groups in total. The van der Waals surface area contributed by atoms with E-state index in [0.29, 0.717) is 47.3 Å². The number of nitrogens with zero attached hydrogens (tertiary/aromatic N) is 3. The molecule has 0 radical (unpaired) electrons. The van der Waals surface area contributed by atoms with E-state index in [2.05, 4.69) is 15.4 Å². The number of halogens is 1. The van der Waals surface area contributed by atoms with E-state index in [1.807, 2.05) is 35.1 Å². The molecule has 3 aliphatic rings. The van der Waals surface area contributed by atoms with E-state index in [4.69, 9.17) is 9.26 Å². The molecule has 7 atom stereocenters. The molecule has 2 aromatic heterocycles. The number of hydrogen-bond acceptors (Lipinski definition) is 9. The van der Waals surface area contributed by atoms with E-state index >= 15 is 4.39 Å². The molecule has 4 unspecified atom stereocenters. The van der Waals surface area contributed by atoms with Crippen LogP contribution >= 0.6 is 18.9 Å². The van der Waals surface area contributed by atoms with Crippen molar-refractivity contribution in [1.29, 1.82) is 0 Å². The number of pyridine rings is 1. The molecule has 0 spiro atoms. The topological polar surface area (TPSA) is 147 Å². The maximum absolute atomic E-state index is 16.5. The zero-order valence-electron chi connectivity index (χ0n) is 32.9. The molecule has 3 aliphatic heterocycles. The van der Waals surface area contributed by atoms with Gasteiger partial charge in [-0.3, -0.25) is 28.7 Å². The predicted molar refractivity (Wildman–Crippen MR) is 220 cm³/mol. The minimum Gasteiger partial charge on any atom is -0.465 e. The lowest BCUT2D eigenvalue weighted by atomic mass is 9.94. The van der Waals surface area contributed by atoms with Crippen molar-refractivity contribution in [3.05, 3.63) is 95.1 Å². The van der Waals surface area contributed by atoms with Crippen LogP contribution in [-0.2, 0) is 23.7 Å². The second kappa shape index (κ2) is 18.5. The summed E-state index contributed by atoms with van der Waals surface area (Å²) in [4.78, 5) is 62.7. The maximum Gasteiger partial charge on any atom is 0.355 e. The lowest BCUT2D eigenvalue weighted by Crippen LogP contribution is -2.53. The molecule has 0 bridgehead atoms. The summed E-state index contributed by atoms with van der Waals surface area (Å²) in [7, 11) is -4.42. The highest BCUT2D eigenvalue weighted by atomic mass is 32.1. The molecule has 4 aromatic rings. The summed E-state index contributed by atoms with van der Waals surface area (Å²) in [6, 6.07) is 16.8. The van der Waals surface area contributed by atoms with Gasteiger partial charge in [0.05, 0.1) is 17.4 Å². The zero-order valence-corrected chi connectivity index (χ0v) is 34.6. The highest BCUT2D eigenvalue weighted by molar-refractivity contribution is 7.57. The van der Waals surface area contributed by atoms with Gasteiger partial charge in [0, 0.05) is 48.7 Å². The van der Waals surface area contributed by atoms with Crippen LogP contribution in [0.1, 0.15) is 97.8 Å². The molecule has 3 amide bonds. The first-order valence-corrected chi connectivity index (χ1v) is 22.8. The molecule has 0 aliphatic carbocycles. The van der Waals surface area contributed by atoms with Crippen molar-refractivity contribution < 1.29 is 37.4 Å². The summed E-state index contributed by atoms with van der Waals surface area (Å²) in [6.45, 7) is 4.85. The number of alkyl halides is 1. The van der Waals surface area contributed by atoms with E-state index in [1.54, 1.807) is 48.7 Å². The van der Waals surface area contributed by atoms with E-state index in [0.717, 1.165) is 37.7 Å². The third-order valence-electron chi connectivity index (χ3n) is 11.4. The lowest BCUT2D eigenvalue weighted by molar-refractivity contribution is -0.148. The van der Waals surface area contributed by atoms with Crippen LogP contribution in [0.2, 0.25) is 0 Å². The number of ether oxygens (including phenoxy) is 1. The Morgan fingerprint density at radius 2 is 1.83 bits per heavy atom. The average molecular weight is 832 g/mol. The van der Waals surface area contributed by atoms with Crippen molar-refractivity contribution in [3.63, 3.8) is 0 Å². The molecule has 7 rings (SSSR count). The van der Waals surface area contributed by atoms with Crippen LogP contribution < -0.4 is 14.9 Å². The van der Waals surface area contributed by atoms with Gasteiger partial charge in [0.1, 0.15) is 17.8 Å². The largest absolute Gasteiger partial charge is 0.465 e. The van der Waals surface area contributed by atoms with Gasteiger partial charge in [0.25, 0.3) is 5.91 Å². The van der Waals surface area contributed by atoms with Crippen LogP contribution in [0.3, 0.4) is 0 Å². The van der Waals surface area contributed by atoms with Crippen LogP contribution in [0.15, 0.2) is 79.1 Å². The number of para-hydroxylation sites is 1. The molecule has 0 saturated carbocycles. The van der Waals surface area contributed by atoms with Gasteiger partial charge in [0.2, 0.25) is 17.7 Å². The SMILES string of the molecule is CCCOC(=O)[C@H](C)NP(=O)(Oc1ccccc1)C(F)c1ccc2sc(C(=O)NCC3CCCC[C@H]4CC[C@@H](C(=O)N5CCC(c6cccnc6)C5)N4C3=O)cc2c1. The van der Waals surface area contributed by atoms with Gasteiger partial charge < -0.3 is 24.4 Å². The number of amides is 3. The second-order valence-corrected chi connectivity index (χ2v) is 18.7. The third-order valence-corrected chi connectivity index (χ3v) is 14.6. The normalized spacial score (nSPS) is 23.0. The Bertz CT molecular complexity index is 2140. The fourth-order valence-electron chi connectivity index (χ4n) is 8.34. The van der Waals surface area contributed by atoms with Crippen LogP contribution in [0.4, 0.5) is 4.39 Å². The van der Waals surface area contributed by atoms with Gasteiger partial charge in [-0.25, -0.2) is 9.48 Å². The smallest absolute Gasteiger partial charge is 0.355 e. The van der Waals surface area contributed by atoms with E-state index in [9.17, 15) is 23.7 Å². The molecule has 15 heteroatoms. The van der Waals surface area contributed by atoms with Crippen LogP contribution in [0.5, 0.6) is 5.75 Å². The number of rotatable bonds is 14. The van der Waals surface area contributed by atoms with Crippen molar-refractivity contribution in [2.24, 2.45) is 5.92 Å². The number of thiophene rings is 1. The molecule has 3 fully saturated rings. The molecular formula is C43H51FN5O7PS. The summed E-state index contributed by atoms with van der Waals surface area (Å²) < 4.78 is 42.4. The Balaban J connectivity index is 1.02. The summed E-state index contributed by atoms with van der Waals surface area (Å²) in [6.07, 6.45) is 9.77. The standard InChI is InChI=1S/C43H51FN5O7PS/c1-3-22-55-43(53)28(2)47-57(54,56-35-13-5-4-6-14-35)39(44)29-15-18-37-33(23-29)24-38(58-37)40(50)46-26-31-10-7-8-12-34-16-17-36(49(34)41(31)51)42(52)48-21-19-32(27-48)30-11-9-20-45-25-30/h4-6,9,11,13-15,18,20,23-25,28,31-32,34,36,39H,3,7-8,10,12,16-17,19,21-22,26-27H2,1-2H3,(H,46,50)(H,47,54)/t28-,31?,32?,34-,36-,39?,57?/m0/s1. The van der Waals surface area contributed by atoms with Crippen molar-refractivity contribution >= 4 is 52.6 Å². The van der Waals surface area contributed by atoms with E-state index in [-0.39, 0.29) is 54.1 Å². The summed E-state index contributed by atoms with van der Waals surface area (Å²) in [5.74, 6) is -3.36. The number of aromatic nitrogens is 1. The van der Waals surface area contributed by atoms with Gasteiger partial charge in [-0.2, -0.15) is 0 Å². The fourth-order valence-corrected chi connectivity index (χ4v) is 11.2. The number of carbonyl (C=O) groups excluding carboxylic acids is 4. The average Bonchev–Trinajstić information content (AvgIpc) is 4.00. The first-order valence-electron chi connectivity index (χ1n) is 20.3. The molecule has 5 heterocycles. The maximum atomic E-state index is 16.5. The number of hydrogen-bond donors (Lipinski definition) is 2. The highest BCUT2D eigenvalue weighted by Gasteiger charge is 2.46. The Morgan fingerprint density at radius 1 is 1.02 bits per heavy atom. The van der Waals surface area contributed by atoms with Crippen LogP contribution in [-0.4, -0.2) is 82.8 Å². The Labute approximate surface area is 342 Å². The fraction of sp³-hybridized carbons (Fsp3) is 0.465.